The van der Waals surface area contributed by atoms with Gasteiger partial charge in [-0.05, 0) is 30.7 Å². The summed E-state index contributed by atoms with van der Waals surface area (Å²) < 4.78 is 18.9. The van der Waals surface area contributed by atoms with Crippen molar-refractivity contribution in [2.24, 2.45) is 0 Å². The van der Waals surface area contributed by atoms with E-state index in [9.17, 15) is 9.50 Å². The maximum absolute atomic E-state index is 13.4. The number of aliphatic hydroxyl groups is 1. The Kier molecular flexibility index (Phi) is 3.06. The fourth-order valence-electron chi connectivity index (χ4n) is 1.54. The van der Waals surface area contributed by atoms with E-state index in [1.165, 1.54) is 6.07 Å². The summed E-state index contributed by atoms with van der Waals surface area (Å²) in [6, 6.07) is 9.76. The zero-order chi connectivity index (χ0) is 11.5. The van der Waals surface area contributed by atoms with Crippen LogP contribution in [0.5, 0.6) is 0 Å². The molecule has 0 amide bonds. The van der Waals surface area contributed by atoms with Crippen molar-refractivity contribution in [1.82, 2.24) is 0 Å². The van der Waals surface area contributed by atoms with Gasteiger partial charge in [0.15, 0.2) is 0 Å². The van der Waals surface area contributed by atoms with E-state index in [1.807, 2.05) is 6.92 Å². The van der Waals surface area contributed by atoms with E-state index in [0.29, 0.717) is 23.5 Å². The lowest BCUT2D eigenvalue weighted by Gasteiger charge is -2.03. The molecule has 1 unspecified atom stereocenters. The zero-order valence-corrected chi connectivity index (χ0v) is 8.98. The first-order chi connectivity index (χ1) is 7.72. The van der Waals surface area contributed by atoms with Crippen LogP contribution in [-0.2, 0) is 0 Å². The van der Waals surface area contributed by atoms with Gasteiger partial charge >= 0.3 is 0 Å². The van der Waals surface area contributed by atoms with Crippen molar-refractivity contribution in [3.05, 3.63) is 48.0 Å². The summed E-state index contributed by atoms with van der Waals surface area (Å²) in [7, 11) is 0. The molecule has 1 atom stereocenters. The Labute approximate surface area is 93.3 Å². The first-order valence-corrected chi connectivity index (χ1v) is 5.25. The van der Waals surface area contributed by atoms with E-state index < -0.39 is 6.10 Å². The molecule has 0 aliphatic carbocycles. The first kappa shape index (κ1) is 10.9. The van der Waals surface area contributed by atoms with E-state index in [-0.39, 0.29) is 5.82 Å². The number of hydrogen-bond acceptors (Lipinski definition) is 2. The third-order valence-electron chi connectivity index (χ3n) is 2.48. The Hall–Kier alpha value is -1.61. The summed E-state index contributed by atoms with van der Waals surface area (Å²) in [5, 5.41) is 9.57. The van der Waals surface area contributed by atoms with Crippen molar-refractivity contribution in [2.75, 3.05) is 0 Å². The second-order valence-electron chi connectivity index (χ2n) is 3.61. The van der Waals surface area contributed by atoms with Gasteiger partial charge in [0.25, 0.3) is 0 Å². The smallest absolute Gasteiger partial charge is 0.137 e. The van der Waals surface area contributed by atoms with Crippen molar-refractivity contribution in [1.29, 1.82) is 0 Å². The molecule has 2 nitrogen and oxygen atoms in total. The fourth-order valence-corrected chi connectivity index (χ4v) is 1.54. The summed E-state index contributed by atoms with van der Waals surface area (Å²) in [5.41, 5.74) is 0.414. The predicted molar refractivity (Wildman–Crippen MR) is 59.4 cm³/mol. The molecule has 2 rings (SSSR count). The molecule has 84 valence electrons. The molecular formula is C13H13FO2. The van der Waals surface area contributed by atoms with Crippen LogP contribution in [-0.4, -0.2) is 5.11 Å². The lowest BCUT2D eigenvalue weighted by atomic mass is 10.1. The molecule has 1 aromatic heterocycles. The van der Waals surface area contributed by atoms with Gasteiger partial charge < -0.3 is 9.52 Å². The minimum absolute atomic E-state index is 0.325. The molecule has 0 saturated carbocycles. The second kappa shape index (κ2) is 4.49. The Morgan fingerprint density at radius 1 is 1.25 bits per heavy atom. The maximum Gasteiger partial charge on any atom is 0.137 e. The van der Waals surface area contributed by atoms with E-state index in [0.717, 1.165) is 0 Å². The van der Waals surface area contributed by atoms with Crippen LogP contribution >= 0.6 is 0 Å². The van der Waals surface area contributed by atoms with Crippen LogP contribution in [0.1, 0.15) is 25.2 Å². The van der Waals surface area contributed by atoms with Crippen LogP contribution in [0.15, 0.2) is 40.8 Å². The Balaban J connectivity index is 2.35. The molecule has 0 spiro atoms. The van der Waals surface area contributed by atoms with Crippen molar-refractivity contribution in [2.45, 2.75) is 19.4 Å². The van der Waals surface area contributed by atoms with E-state index in [1.54, 1.807) is 30.3 Å². The molecule has 1 N–H and O–H groups in total. The van der Waals surface area contributed by atoms with Gasteiger partial charge in [0.1, 0.15) is 23.4 Å². The molecule has 0 fully saturated rings. The average Bonchev–Trinajstić information content (AvgIpc) is 2.78. The van der Waals surface area contributed by atoms with Gasteiger partial charge in [-0.1, -0.05) is 19.1 Å². The molecule has 0 aliphatic rings. The van der Waals surface area contributed by atoms with Crippen LogP contribution in [0.25, 0.3) is 11.3 Å². The van der Waals surface area contributed by atoms with Crippen molar-refractivity contribution >= 4 is 0 Å². The van der Waals surface area contributed by atoms with Gasteiger partial charge in [-0.25, -0.2) is 4.39 Å². The van der Waals surface area contributed by atoms with E-state index >= 15 is 0 Å². The molecule has 3 heteroatoms. The van der Waals surface area contributed by atoms with Crippen LogP contribution in [0.3, 0.4) is 0 Å². The molecule has 0 saturated heterocycles. The second-order valence-corrected chi connectivity index (χ2v) is 3.61. The van der Waals surface area contributed by atoms with Gasteiger partial charge in [0.05, 0.1) is 5.56 Å². The molecular weight excluding hydrogens is 207 g/mol. The highest BCUT2D eigenvalue weighted by Gasteiger charge is 2.13. The normalized spacial score (nSPS) is 12.7. The molecule has 0 radical (unpaired) electrons. The maximum atomic E-state index is 13.4. The van der Waals surface area contributed by atoms with E-state index in [4.69, 9.17) is 4.42 Å². The molecule has 1 aromatic carbocycles. The number of aliphatic hydroxyl groups excluding tert-OH is 1. The lowest BCUT2D eigenvalue weighted by molar-refractivity contribution is 0.146. The number of benzene rings is 1. The topological polar surface area (TPSA) is 33.4 Å². The lowest BCUT2D eigenvalue weighted by Crippen LogP contribution is -1.91. The molecule has 16 heavy (non-hydrogen) atoms. The summed E-state index contributed by atoms with van der Waals surface area (Å²) in [6.07, 6.45) is -0.0509. The zero-order valence-electron chi connectivity index (χ0n) is 8.98. The standard InChI is InChI=1S/C13H13FO2/c1-2-11(15)13-8-7-12(16-13)9-5-3-4-6-10(9)14/h3-8,11,15H,2H2,1H3. The number of furan rings is 1. The number of hydrogen-bond donors (Lipinski definition) is 1. The summed E-state index contributed by atoms with van der Waals surface area (Å²) >= 11 is 0. The fraction of sp³-hybridized carbons (Fsp3) is 0.231. The summed E-state index contributed by atoms with van der Waals surface area (Å²) in [4.78, 5) is 0. The van der Waals surface area contributed by atoms with E-state index in [2.05, 4.69) is 0 Å². The average molecular weight is 220 g/mol. The summed E-state index contributed by atoms with van der Waals surface area (Å²) in [5.74, 6) is 0.593. The number of halogens is 1. The molecule has 1 heterocycles. The summed E-state index contributed by atoms with van der Waals surface area (Å²) in [6.45, 7) is 1.86. The Bertz CT molecular complexity index is 476. The highest BCUT2D eigenvalue weighted by molar-refractivity contribution is 5.58. The quantitative estimate of drug-likeness (QED) is 0.858. The van der Waals surface area contributed by atoms with Gasteiger partial charge in [0.2, 0.25) is 0 Å². The molecule has 2 aromatic rings. The third-order valence-corrected chi connectivity index (χ3v) is 2.48. The minimum atomic E-state index is -0.625. The van der Waals surface area contributed by atoms with Gasteiger partial charge in [-0.15, -0.1) is 0 Å². The van der Waals surface area contributed by atoms with Gasteiger partial charge in [-0.2, -0.15) is 0 Å². The van der Waals surface area contributed by atoms with Gasteiger partial charge in [-0.3, -0.25) is 0 Å². The van der Waals surface area contributed by atoms with Gasteiger partial charge in [0, 0.05) is 0 Å². The van der Waals surface area contributed by atoms with Crippen molar-refractivity contribution in [3.63, 3.8) is 0 Å². The van der Waals surface area contributed by atoms with Crippen LogP contribution in [0.2, 0.25) is 0 Å². The van der Waals surface area contributed by atoms with Crippen LogP contribution in [0.4, 0.5) is 4.39 Å². The third kappa shape index (κ3) is 1.99. The van der Waals surface area contributed by atoms with Crippen LogP contribution < -0.4 is 0 Å². The first-order valence-electron chi connectivity index (χ1n) is 5.25. The van der Waals surface area contributed by atoms with Crippen molar-refractivity contribution < 1.29 is 13.9 Å². The number of rotatable bonds is 3. The highest BCUT2D eigenvalue weighted by atomic mass is 19.1. The largest absolute Gasteiger partial charge is 0.458 e. The minimum Gasteiger partial charge on any atom is -0.458 e. The Morgan fingerprint density at radius 2 is 2.00 bits per heavy atom. The molecule has 0 aliphatic heterocycles. The Morgan fingerprint density at radius 3 is 2.69 bits per heavy atom. The molecule has 0 bridgehead atoms. The highest BCUT2D eigenvalue weighted by Crippen LogP contribution is 2.28. The van der Waals surface area contributed by atoms with Crippen molar-refractivity contribution in [3.8, 4) is 11.3 Å². The van der Waals surface area contributed by atoms with Crippen LogP contribution in [0, 0.1) is 5.82 Å². The monoisotopic (exact) mass is 220 g/mol. The SMILES string of the molecule is CCC(O)c1ccc(-c2ccccc2F)o1. The predicted octanol–water partition coefficient (Wildman–Crippen LogP) is 3.53.